The van der Waals surface area contributed by atoms with Gasteiger partial charge in [-0.25, -0.2) is 0 Å². The van der Waals surface area contributed by atoms with Crippen molar-refractivity contribution in [3.05, 3.63) is 29.8 Å². The van der Waals surface area contributed by atoms with Crippen LogP contribution in [0, 0.1) is 18.8 Å². The molecule has 0 unspecified atom stereocenters. The van der Waals surface area contributed by atoms with Gasteiger partial charge in [-0.05, 0) is 58.1 Å². The van der Waals surface area contributed by atoms with E-state index in [1.54, 1.807) is 12.1 Å². The first kappa shape index (κ1) is 24.6. The number of hydrogen-bond donors (Lipinski definition) is 0. The smallest absolute Gasteiger partial charge is 0.306 e. The Labute approximate surface area is 170 Å². The standard InChI is InChI=1S/C22H36O5S/c1-7-8-9-18(3)14-19(15-21(23)27-22(4,5)6)16-26-28(24,25)20-12-10-17(2)11-13-20/h10-13,18-19H,7-9,14-16H2,1-6H3/t18-,19+/m1/s1. The zero-order chi connectivity index (χ0) is 21.4. The molecule has 0 N–H and O–H groups in total. The van der Waals surface area contributed by atoms with Gasteiger partial charge in [0.05, 0.1) is 17.9 Å². The van der Waals surface area contributed by atoms with E-state index in [9.17, 15) is 13.2 Å². The molecule has 2 atom stereocenters. The van der Waals surface area contributed by atoms with Gasteiger partial charge in [-0.3, -0.25) is 8.98 Å². The number of carbonyl (C=O) groups is 1. The molecule has 0 spiro atoms. The summed E-state index contributed by atoms with van der Waals surface area (Å²) < 4.78 is 35.7. The molecular weight excluding hydrogens is 376 g/mol. The average Bonchev–Trinajstić information content (AvgIpc) is 2.56. The lowest BCUT2D eigenvalue weighted by Gasteiger charge is -2.24. The summed E-state index contributed by atoms with van der Waals surface area (Å²) in [6.45, 7) is 11.6. The molecule has 1 aromatic carbocycles. The highest BCUT2D eigenvalue weighted by molar-refractivity contribution is 7.86. The summed E-state index contributed by atoms with van der Waals surface area (Å²) in [5.41, 5.74) is 0.413. The fourth-order valence-corrected chi connectivity index (χ4v) is 4.00. The third kappa shape index (κ3) is 9.69. The van der Waals surface area contributed by atoms with Gasteiger partial charge in [-0.15, -0.1) is 0 Å². The van der Waals surface area contributed by atoms with Gasteiger partial charge in [0.2, 0.25) is 0 Å². The first-order chi connectivity index (χ1) is 12.9. The van der Waals surface area contributed by atoms with Crippen LogP contribution in [0.15, 0.2) is 29.2 Å². The Kier molecular flexibility index (Phi) is 9.64. The SMILES string of the molecule is CCCC[C@@H](C)C[C@H](COS(=O)(=O)c1ccc(C)cc1)CC(=O)OC(C)(C)C. The third-order valence-electron chi connectivity index (χ3n) is 4.43. The van der Waals surface area contributed by atoms with Crippen LogP contribution in [0.25, 0.3) is 0 Å². The van der Waals surface area contributed by atoms with Crippen LogP contribution in [0.3, 0.4) is 0 Å². The second-order valence-corrected chi connectivity index (χ2v) is 10.3. The van der Waals surface area contributed by atoms with E-state index < -0.39 is 15.7 Å². The quantitative estimate of drug-likeness (QED) is 0.366. The molecule has 0 heterocycles. The lowest BCUT2D eigenvalue weighted by molar-refractivity contribution is -0.156. The summed E-state index contributed by atoms with van der Waals surface area (Å²) >= 11 is 0. The maximum atomic E-state index is 12.5. The fraction of sp³-hybridized carbons (Fsp3) is 0.682. The lowest BCUT2D eigenvalue weighted by Crippen LogP contribution is -2.27. The van der Waals surface area contributed by atoms with E-state index >= 15 is 0 Å². The zero-order valence-electron chi connectivity index (χ0n) is 18.2. The Morgan fingerprint density at radius 1 is 1.14 bits per heavy atom. The molecule has 1 rings (SSSR count). The van der Waals surface area contributed by atoms with Crippen molar-refractivity contribution < 1.29 is 22.1 Å². The van der Waals surface area contributed by atoms with E-state index in [1.165, 1.54) is 12.1 Å². The van der Waals surface area contributed by atoms with E-state index in [1.807, 2.05) is 27.7 Å². The second kappa shape index (κ2) is 11.0. The number of ether oxygens (including phenoxy) is 1. The summed E-state index contributed by atoms with van der Waals surface area (Å²) in [5, 5.41) is 0. The molecule has 0 amide bonds. The summed E-state index contributed by atoms with van der Waals surface area (Å²) in [4.78, 5) is 12.4. The maximum Gasteiger partial charge on any atom is 0.306 e. The molecule has 0 saturated carbocycles. The largest absolute Gasteiger partial charge is 0.460 e. The van der Waals surface area contributed by atoms with Crippen LogP contribution >= 0.6 is 0 Å². The van der Waals surface area contributed by atoms with Gasteiger partial charge in [0, 0.05) is 0 Å². The Morgan fingerprint density at radius 3 is 2.29 bits per heavy atom. The molecule has 160 valence electrons. The number of hydrogen-bond acceptors (Lipinski definition) is 5. The van der Waals surface area contributed by atoms with Gasteiger partial charge in [0.1, 0.15) is 5.60 Å². The molecule has 0 radical (unpaired) electrons. The lowest BCUT2D eigenvalue weighted by atomic mass is 9.90. The molecular formula is C22H36O5S. The van der Waals surface area contributed by atoms with Crippen LogP contribution in [-0.2, 0) is 23.8 Å². The molecule has 0 bridgehead atoms. The van der Waals surface area contributed by atoms with Crippen LogP contribution in [0.4, 0.5) is 0 Å². The minimum atomic E-state index is -3.85. The second-order valence-electron chi connectivity index (χ2n) is 8.69. The van der Waals surface area contributed by atoms with Crippen molar-refractivity contribution in [3.8, 4) is 0 Å². The monoisotopic (exact) mass is 412 g/mol. The van der Waals surface area contributed by atoms with Gasteiger partial charge < -0.3 is 4.74 Å². The molecule has 0 fully saturated rings. The summed E-state index contributed by atoms with van der Waals surface area (Å²) in [6.07, 6.45) is 4.15. The predicted molar refractivity (Wildman–Crippen MR) is 112 cm³/mol. The van der Waals surface area contributed by atoms with Gasteiger partial charge in [0.15, 0.2) is 0 Å². The first-order valence-corrected chi connectivity index (χ1v) is 11.5. The summed E-state index contributed by atoms with van der Waals surface area (Å²) in [7, 11) is -3.85. The van der Waals surface area contributed by atoms with Crippen LogP contribution < -0.4 is 0 Å². The van der Waals surface area contributed by atoms with Crippen LogP contribution in [0.1, 0.15) is 72.3 Å². The third-order valence-corrected chi connectivity index (χ3v) is 5.73. The average molecular weight is 413 g/mol. The van der Waals surface area contributed by atoms with E-state index in [-0.39, 0.29) is 29.8 Å². The first-order valence-electron chi connectivity index (χ1n) is 10.1. The van der Waals surface area contributed by atoms with Gasteiger partial charge >= 0.3 is 5.97 Å². The Morgan fingerprint density at radius 2 is 1.75 bits per heavy atom. The van der Waals surface area contributed by atoms with Crippen molar-refractivity contribution in [2.75, 3.05) is 6.61 Å². The Bertz CT molecular complexity index is 701. The highest BCUT2D eigenvalue weighted by Crippen LogP contribution is 2.24. The van der Waals surface area contributed by atoms with Crippen LogP contribution in [0.5, 0.6) is 0 Å². The molecule has 5 nitrogen and oxygen atoms in total. The van der Waals surface area contributed by atoms with Gasteiger partial charge in [-0.2, -0.15) is 8.42 Å². The highest BCUT2D eigenvalue weighted by Gasteiger charge is 2.25. The summed E-state index contributed by atoms with van der Waals surface area (Å²) in [6, 6.07) is 6.55. The minimum Gasteiger partial charge on any atom is -0.460 e. The number of carbonyl (C=O) groups excluding carboxylic acids is 1. The van der Waals surface area contributed by atoms with E-state index in [0.29, 0.717) is 5.92 Å². The predicted octanol–water partition coefficient (Wildman–Crippen LogP) is 5.26. The number of aryl methyl sites for hydroxylation is 1. The molecule has 0 aliphatic heterocycles. The number of unbranched alkanes of at least 4 members (excludes halogenated alkanes) is 1. The van der Waals surface area contributed by atoms with Gasteiger partial charge in [0.25, 0.3) is 10.1 Å². The van der Waals surface area contributed by atoms with Crippen molar-refractivity contribution >= 4 is 16.1 Å². The molecule has 6 heteroatoms. The Balaban J connectivity index is 2.79. The summed E-state index contributed by atoms with van der Waals surface area (Å²) in [5.74, 6) is -0.142. The van der Waals surface area contributed by atoms with E-state index in [0.717, 1.165) is 31.2 Å². The maximum absolute atomic E-state index is 12.5. The normalized spacial score (nSPS) is 14.5. The molecule has 1 aromatic rings. The number of benzene rings is 1. The fourth-order valence-electron chi connectivity index (χ4n) is 3.03. The van der Waals surface area contributed by atoms with Crippen LogP contribution in [-0.4, -0.2) is 26.6 Å². The molecule has 0 aromatic heterocycles. The zero-order valence-corrected chi connectivity index (χ0v) is 19.0. The van der Waals surface area contributed by atoms with Crippen LogP contribution in [0.2, 0.25) is 0 Å². The molecule has 28 heavy (non-hydrogen) atoms. The van der Waals surface area contributed by atoms with Gasteiger partial charge in [-0.1, -0.05) is 50.8 Å². The van der Waals surface area contributed by atoms with Crippen molar-refractivity contribution in [1.29, 1.82) is 0 Å². The van der Waals surface area contributed by atoms with E-state index in [4.69, 9.17) is 8.92 Å². The van der Waals surface area contributed by atoms with Crippen molar-refractivity contribution in [3.63, 3.8) is 0 Å². The number of esters is 1. The highest BCUT2D eigenvalue weighted by atomic mass is 32.2. The van der Waals surface area contributed by atoms with Crippen molar-refractivity contribution in [2.24, 2.45) is 11.8 Å². The van der Waals surface area contributed by atoms with Crippen molar-refractivity contribution in [1.82, 2.24) is 0 Å². The molecule has 0 aliphatic rings. The van der Waals surface area contributed by atoms with E-state index in [2.05, 4.69) is 13.8 Å². The molecule has 0 saturated heterocycles. The molecule has 0 aliphatic carbocycles. The minimum absolute atomic E-state index is 0.0219. The van der Waals surface area contributed by atoms with Crippen molar-refractivity contribution in [2.45, 2.75) is 84.1 Å². The number of rotatable bonds is 11. The topological polar surface area (TPSA) is 69.7 Å². The Hall–Kier alpha value is -1.40.